The fourth-order valence-electron chi connectivity index (χ4n) is 2.49. The normalized spacial score (nSPS) is 16.6. The van der Waals surface area contributed by atoms with Gasteiger partial charge in [-0.1, -0.05) is 32.0 Å². The van der Waals surface area contributed by atoms with Gasteiger partial charge in [0.25, 0.3) is 0 Å². The van der Waals surface area contributed by atoms with Crippen molar-refractivity contribution in [2.45, 2.75) is 46.1 Å². The van der Waals surface area contributed by atoms with Crippen LogP contribution in [0.5, 0.6) is 0 Å². The zero-order chi connectivity index (χ0) is 13.8. The molecule has 2 rings (SSSR count). The van der Waals surface area contributed by atoms with Gasteiger partial charge in [-0.25, -0.2) is 0 Å². The van der Waals surface area contributed by atoms with E-state index in [0.717, 1.165) is 24.8 Å². The summed E-state index contributed by atoms with van der Waals surface area (Å²) in [6.45, 7) is 6.96. The molecule has 0 N–H and O–H groups in total. The van der Waals surface area contributed by atoms with Crippen molar-refractivity contribution in [2.75, 3.05) is 6.61 Å². The van der Waals surface area contributed by atoms with Gasteiger partial charge in [0.15, 0.2) is 5.78 Å². The van der Waals surface area contributed by atoms with Gasteiger partial charge in [0, 0.05) is 12.2 Å². The van der Waals surface area contributed by atoms with Crippen molar-refractivity contribution in [3.05, 3.63) is 35.4 Å². The van der Waals surface area contributed by atoms with E-state index in [4.69, 9.17) is 4.74 Å². The highest BCUT2D eigenvalue weighted by Crippen LogP contribution is 2.36. The van der Waals surface area contributed by atoms with E-state index in [0.29, 0.717) is 18.4 Å². The summed E-state index contributed by atoms with van der Waals surface area (Å²) in [6.07, 6.45) is 3.05. The standard InChI is InChI=1S/C17H24O2/c1-4-19-17(14-8-9-14)16(18)15-7-5-6-13(11-15)10-12(2)3/h5-7,11-12,14,17H,4,8-10H2,1-3H3. The minimum Gasteiger partial charge on any atom is -0.370 e. The summed E-state index contributed by atoms with van der Waals surface area (Å²) in [5.41, 5.74) is 2.05. The zero-order valence-corrected chi connectivity index (χ0v) is 12.2. The van der Waals surface area contributed by atoms with E-state index in [9.17, 15) is 4.79 Å². The monoisotopic (exact) mass is 260 g/mol. The molecule has 0 aromatic heterocycles. The maximum atomic E-state index is 12.5. The summed E-state index contributed by atoms with van der Waals surface area (Å²) in [4.78, 5) is 12.5. The van der Waals surface area contributed by atoms with E-state index < -0.39 is 0 Å². The first-order valence-electron chi connectivity index (χ1n) is 7.36. The second kappa shape index (κ2) is 6.33. The topological polar surface area (TPSA) is 26.3 Å². The van der Waals surface area contributed by atoms with Crippen LogP contribution in [0.25, 0.3) is 0 Å². The Hall–Kier alpha value is -1.15. The van der Waals surface area contributed by atoms with E-state index in [2.05, 4.69) is 19.9 Å². The van der Waals surface area contributed by atoms with Gasteiger partial charge in [-0.15, -0.1) is 0 Å². The highest BCUT2D eigenvalue weighted by Gasteiger charge is 2.37. The van der Waals surface area contributed by atoms with Crippen LogP contribution in [0.1, 0.15) is 49.5 Å². The second-order valence-corrected chi connectivity index (χ2v) is 5.88. The molecule has 0 saturated heterocycles. The molecule has 0 amide bonds. The lowest BCUT2D eigenvalue weighted by Crippen LogP contribution is -2.26. The molecule has 1 saturated carbocycles. The SMILES string of the molecule is CCOC(C(=O)c1cccc(CC(C)C)c1)C1CC1. The molecule has 0 heterocycles. The molecule has 2 nitrogen and oxygen atoms in total. The minimum atomic E-state index is -0.223. The minimum absolute atomic E-state index is 0.162. The number of ether oxygens (including phenoxy) is 1. The molecule has 1 atom stereocenters. The van der Waals surface area contributed by atoms with Crippen molar-refractivity contribution < 1.29 is 9.53 Å². The Morgan fingerprint density at radius 1 is 1.37 bits per heavy atom. The average molecular weight is 260 g/mol. The lowest BCUT2D eigenvalue weighted by atomic mass is 9.97. The van der Waals surface area contributed by atoms with Crippen molar-refractivity contribution in [1.82, 2.24) is 0 Å². The number of carbonyl (C=O) groups is 1. The predicted molar refractivity (Wildman–Crippen MR) is 77.5 cm³/mol. The van der Waals surface area contributed by atoms with Crippen LogP contribution in [0.15, 0.2) is 24.3 Å². The van der Waals surface area contributed by atoms with E-state index in [1.807, 2.05) is 25.1 Å². The lowest BCUT2D eigenvalue weighted by molar-refractivity contribution is 0.0374. The Labute approximate surface area is 116 Å². The molecule has 1 aromatic rings. The third-order valence-corrected chi connectivity index (χ3v) is 3.51. The molecule has 1 aromatic carbocycles. The summed E-state index contributed by atoms with van der Waals surface area (Å²) in [5, 5.41) is 0. The molecule has 104 valence electrons. The van der Waals surface area contributed by atoms with Crippen molar-refractivity contribution in [2.24, 2.45) is 11.8 Å². The molecular formula is C17H24O2. The van der Waals surface area contributed by atoms with Crippen LogP contribution in [-0.2, 0) is 11.2 Å². The van der Waals surface area contributed by atoms with E-state index in [-0.39, 0.29) is 11.9 Å². The number of ketones is 1. The number of hydrogen-bond donors (Lipinski definition) is 0. The van der Waals surface area contributed by atoms with Crippen LogP contribution in [-0.4, -0.2) is 18.5 Å². The van der Waals surface area contributed by atoms with Gasteiger partial charge in [-0.3, -0.25) is 4.79 Å². The van der Waals surface area contributed by atoms with Crippen molar-refractivity contribution in [3.8, 4) is 0 Å². The first-order chi connectivity index (χ1) is 9.11. The fourth-order valence-corrected chi connectivity index (χ4v) is 2.49. The first kappa shape index (κ1) is 14.3. The van der Waals surface area contributed by atoms with E-state index in [1.165, 1.54) is 5.56 Å². The van der Waals surface area contributed by atoms with Crippen LogP contribution in [0, 0.1) is 11.8 Å². The third-order valence-electron chi connectivity index (χ3n) is 3.51. The fraction of sp³-hybridized carbons (Fsp3) is 0.588. The summed E-state index contributed by atoms with van der Waals surface area (Å²) in [7, 11) is 0. The largest absolute Gasteiger partial charge is 0.370 e. The van der Waals surface area contributed by atoms with Crippen molar-refractivity contribution >= 4 is 5.78 Å². The number of rotatable bonds is 7. The summed E-state index contributed by atoms with van der Waals surface area (Å²) < 4.78 is 5.65. The van der Waals surface area contributed by atoms with Gasteiger partial charge in [-0.05, 0) is 49.7 Å². The maximum absolute atomic E-state index is 12.5. The Balaban J connectivity index is 2.12. The van der Waals surface area contributed by atoms with Gasteiger partial charge < -0.3 is 4.74 Å². The van der Waals surface area contributed by atoms with Gasteiger partial charge in [0.1, 0.15) is 6.10 Å². The average Bonchev–Trinajstić information content (AvgIpc) is 3.19. The third kappa shape index (κ3) is 3.90. The smallest absolute Gasteiger partial charge is 0.191 e. The van der Waals surface area contributed by atoms with Crippen LogP contribution in [0.3, 0.4) is 0 Å². The van der Waals surface area contributed by atoms with Crippen molar-refractivity contribution in [3.63, 3.8) is 0 Å². The Morgan fingerprint density at radius 3 is 2.68 bits per heavy atom. The lowest BCUT2D eigenvalue weighted by Gasteiger charge is -2.16. The highest BCUT2D eigenvalue weighted by atomic mass is 16.5. The van der Waals surface area contributed by atoms with Gasteiger partial charge in [-0.2, -0.15) is 0 Å². The quantitative estimate of drug-likeness (QED) is 0.695. The molecule has 1 aliphatic carbocycles. The molecule has 1 aliphatic rings. The Morgan fingerprint density at radius 2 is 2.11 bits per heavy atom. The first-order valence-corrected chi connectivity index (χ1v) is 7.36. The number of hydrogen-bond acceptors (Lipinski definition) is 2. The maximum Gasteiger partial charge on any atom is 0.191 e. The number of Topliss-reactive ketones (excluding diaryl/α,β-unsaturated/α-hetero) is 1. The number of benzene rings is 1. The van der Waals surface area contributed by atoms with Gasteiger partial charge in [0.2, 0.25) is 0 Å². The highest BCUT2D eigenvalue weighted by molar-refractivity contribution is 6.00. The summed E-state index contributed by atoms with van der Waals surface area (Å²) >= 11 is 0. The van der Waals surface area contributed by atoms with Crippen LogP contribution in [0.4, 0.5) is 0 Å². The van der Waals surface area contributed by atoms with Crippen molar-refractivity contribution in [1.29, 1.82) is 0 Å². The molecule has 0 bridgehead atoms. The van der Waals surface area contributed by atoms with Gasteiger partial charge in [0.05, 0.1) is 0 Å². The van der Waals surface area contributed by atoms with Gasteiger partial charge >= 0.3 is 0 Å². The van der Waals surface area contributed by atoms with Crippen LogP contribution in [0.2, 0.25) is 0 Å². The summed E-state index contributed by atoms with van der Waals surface area (Å²) in [5.74, 6) is 1.22. The van der Waals surface area contributed by atoms with E-state index >= 15 is 0 Å². The molecule has 19 heavy (non-hydrogen) atoms. The van der Waals surface area contributed by atoms with Crippen LogP contribution < -0.4 is 0 Å². The second-order valence-electron chi connectivity index (χ2n) is 5.88. The zero-order valence-electron chi connectivity index (χ0n) is 12.2. The molecule has 1 fully saturated rings. The molecule has 0 spiro atoms. The van der Waals surface area contributed by atoms with Crippen LogP contribution >= 0.6 is 0 Å². The number of carbonyl (C=O) groups excluding carboxylic acids is 1. The summed E-state index contributed by atoms with van der Waals surface area (Å²) in [6, 6.07) is 8.04. The molecule has 1 unspecified atom stereocenters. The Bertz CT molecular complexity index is 433. The molecule has 0 aliphatic heterocycles. The predicted octanol–water partition coefficient (Wildman–Crippen LogP) is 3.88. The molecule has 2 heteroatoms. The molecule has 0 radical (unpaired) electrons. The molecular weight excluding hydrogens is 236 g/mol. The van der Waals surface area contributed by atoms with E-state index in [1.54, 1.807) is 0 Å². The Kier molecular flexibility index (Phi) is 4.76.